The highest BCUT2D eigenvalue weighted by Gasteiger charge is 2.16. The zero-order valence-electron chi connectivity index (χ0n) is 13.6. The first-order valence-corrected chi connectivity index (χ1v) is 8.83. The Hall–Kier alpha value is -2.44. The molecule has 7 heteroatoms. The van der Waals surface area contributed by atoms with Crippen LogP contribution in [0.15, 0.2) is 44.9 Å². The van der Waals surface area contributed by atoms with Crippen LogP contribution in [0.2, 0.25) is 5.02 Å². The fourth-order valence-electron chi connectivity index (χ4n) is 2.31. The van der Waals surface area contributed by atoms with Gasteiger partial charge in [-0.05, 0) is 42.5 Å². The molecule has 0 saturated heterocycles. The number of benzene rings is 1. The summed E-state index contributed by atoms with van der Waals surface area (Å²) in [6.45, 7) is 3.54. The van der Waals surface area contributed by atoms with E-state index in [1.807, 2.05) is 30.5 Å². The zero-order valence-corrected chi connectivity index (χ0v) is 15.1. The van der Waals surface area contributed by atoms with Crippen molar-refractivity contribution >= 4 is 45.1 Å². The van der Waals surface area contributed by atoms with Gasteiger partial charge >= 0.3 is 5.63 Å². The van der Waals surface area contributed by atoms with E-state index in [0.29, 0.717) is 15.2 Å². The molecule has 0 unspecified atom stereocenters. The molecule has 25 heavy (non-hydrogen) atoms. The van der Waals surface area contributed by atoms with Gasteiger partial charge in [0.2, 0.25) is 11.8 Å². The number of carbonyl (C=O) groups excluding carboxylic acids is 1. The van der Waals surface area contributed by atoms with Crippen molar-refractivity contribution in [2.45, 2.75) is 19.9 Å². The Balaban J connectivity index is 1.76. The largest absolute Gasteiger partial charge is 0.406 e. The molecule has 3 rings (SSSR count). The van der Waals surface area contributed by atoms with Crippen LogP contribution in [-0.4, -0.2) is 10.9 Å². The van der Waals surface area contributed by atoms with Crippen molar-refractivity contribution < 1.29 is 9.21 Å². The average Bonchev–Trinajstić information content (AvgIpc) is 2.95. The molecule has 0 saturated carbocycles. The molecule has 0 bridgehead atoms. The Morgan fingerprint density at radius 3 is 2.92 bits per heavy atom. The topological polar surface area (TPSA) is 72.2 Å². The zero-order chi connectivity index (χ0) is 18.0. The fourth-order valence-corrected chi connectivity index (χ4v) is 3.42. The molecule has 0 radical (unpaired) electrons. The van der Waals surface area contributed by atoms with Crippen molar-refractivity contribution in [2.24, 2.45) is 0 Å². The summed E-state index contributed by atoms with van der Waals surface area (Å²) in [6.07, 6.45) is 3.00. The van der Waals surface area contributed by atoms with Gasteiger partial charge in [-0.15, -0.1) is 11.3 Å². The summed E-state index contributed by atoms with van der Waals surface area (Å²) in [6, 6.07) is 6.67. The van der Waals surface area contributed by atoms with Gasteiger partial charge in [-0.2, -0.15) is 0 Å². The molecule has 128 valence electrons. The highest BCUT2D eigenvalue weighted by atomic mass is 35.5. The second kappa shape index (κ2) is 7.21. The molecule has 0 aliphatic carbocycles. The lowest BCUT2D eigenvalue weighted by atomic mass is 10.2. The van der Waals surface area contributed by atoms with Gasteiger partial charge in [0.1, 0.15) is 10.9 Å². The summed E-state index contributed by atoms with van der Waals surface area (Å²) in [4.78, 5) is 29.1. The van der Waals surface area contributed by atoms with Crippen LogP contribution in [0, 0.1) is 6.92 Å². The molecule has 0 fully saturated rings. The first-order chi connectivity index (χ1) is 12.0. The molecule has 1 atom stereocenters. The first-order valence-electron chi connectivity index (χ1n) is 7.57. The minimum Gasteiger partial charge on any atom is -0.406 e. The SMILES string of the molecule is Cc1csc2nc([C@H](C)NC(=O)C=Cc3ccccc3Cl)oc(=O)c12. The van der Waals surface area contributed by atoms with Crippen LogP contribution in [-0.2, 0) is 4.79 Å². The molecule has 0 aliphatic rings. The number of fused-ring (bicyclic) bond motifs is 1. The Morgan fingerprint density at radius 1 is 1.40 bits per heavy atom. The monoisotopic (exact) mass is 374 g/mol. The predicted octanol–water partition coefficient (Wildman–Crippen LogP) is 4.10. The van der Waals surface area contributed by atoms with Crippen molar-refractivity contribution in [3.8, 4) is 0 Å². The number of hydrogen-bond donors (Lipinski definition) is 1. The van der Waals surface area contributed by atoms with Crippen LogP contribution in [0.4, 0.5) is 0 Å². The summed E-state index contributed by atoms with van der Waals surface area (Å²) in [5, 5.41) is 5.63. The number of amides is 1. The first kappa shape index (κ1) is 17.4. The number of nitrogens with zero attached hydrogens (tertiary/aromatic N) is 1. The number of thiophene rings is 1. The van der Waals surface area contributed by atoms with E-state index >= 15 is 0 Å². The smallest absolute Gasteiger partial charge is 0.348 e. The van der Waals surface area contributed by atoms with Gasteiger partial charge in [-0.25, -0.2) is 9.78 Å². The average molecular weight is 375 g/mol. The number of halogens is 1. The Morgan fingerprint density at radius 2 is 2.16 bits per heavy atom. The van der Waals surface area contributed by atoms with E-state index in [-0.39, 0.29) is 11.8 Å². The van der Waals surface area contributed by atoms with Gasteiger partial charge in [-0.1, -0.05) is 29.8 Å². The number of rotatable bonds is 4. The minimum atomic E-state index is -0.539. The van der Waals surface area contributed by atoms with Gasteiger partial charge < -0.3 is 9.73 Å². The maximum atomic E-state index is 12.1. The molecule has 3 aromatic rings. The van der Waals surface area contributed by atoms with E-state index in [1.54, 1.807) is 19.1 Å². The molecule has 0 spiro atoms. The van der Waals surface area contributed by atoms with E-state index in [2.05, 4.69) is 10.3 Å². The summed E-state index contributed by atoms with van der Waals surface area (Å²) < 4.78 is 5.25. The van der Waals surface area contributed by atoms with Crippen LogP contribution >= 0.6 is 22.9 Å². The van der Waals surface area contributed by atoms with Gasteiger partial charge in [0.05, 0.1) is 5.39 Å². The Bertz CT molecular complexity index is 1020. The van der Waals surface area contributed by atoms with Crippen LogP contribution in [0.5, 0.6) is 0 Å². The van der Waals surface area contributed by atoms with E-state index in [9.17, 15) is 9.59 Å². The second-order valence-electron chi connectivity index (χ2n) is 5.52. The van der Waals surface area contributed by atoms with E-state index in [4.69, 9.17) is 16.0 Å². The van der Waals surface area contributed by atoms with Crippen LogP contribution in [0.25, 0.3) is 16.3 Å². The van der Waals surface area contributed by atoms with Crippen LogP contribution in [0.1, 0.15) is 30.0 Å². The molecular formula is C18H15ClN2O3S. The number of aromatic nitrogens is 1. The van der Waals surface area contributed by atoms with Crippen molar-refractivity contribution in [2.75, 3.05) is 0 Å². The third-order valence-corrected chi connectivity index (χ3v) is 4.95. The van der Waals surface area contributed by atoms with Gasteiger partial charge in [0.25, 0.3) is 0 Å². The lowest BCUT2D eigenvalue weighted by Gasteiger charge is -2.10. The Labute approximate surface area is 153 Å². The normalized spacial score (nSPS) is 12.6. The molecule has 1 N–H and O–H groups in total. The highest BCUT2D eigenvalue weighted by molar-refractivity contribution is 7.16. The lowest BCUT2D eigenvalue weighted by Crippen LogP contribution is -2.26. The van der Waals surface area contributed by atoms with Gasteiger partial charge in [0.15, 0.2) is 0 Å². The summed E-state index contributed by atoms with van der Waals surface area (Å²) >= 11 is 7.42. The predicted molar refractivity (Wildman–Crippen MR) is 99.9 cm³/mol. The standard InChI is InChI=1S/C18H15ClN2O3S/c1-10-9-25-17-15(10)18(23)24-16(21-17)11(2)20-14(22)8-7-12-5-3-4-6-13(12)19/h3-9,11H,1-2H3,(H,20,22)/t11-/m0/s1. The van der Waals surface area contributed by atoms with Crippen LogP contribution < -0.4 is 10.9 Å². The third kappa shape index (κ3) is 3.81. The molecule has 5 nitrogen and oxygen atoms in total. The maximum Gasteiger partial charge on any atom is 0.348 e. The third-order valence-electron chi connectivity index (χ3n) is 3.62. The number of hydrogen-bond acceptors (Lipinski definition) is 5. The second-order valence-corrected chi connectivity index (χ2v) is 6.79. The highest BCUT2D eigenvalue weighted by Crippen LogP contribution is 2.22. The van der Waals surface area contributed by atoms with Crippen molar-refractivity contribution in [1.82, 2.24) is 10.3 Å². The molecular weight excluding hydrogens is 360 g/mol. The molecule has 2 heterocycles. The fraction of sp³-hybridized carbons (Fsp3) is 0.167. The van der Waals surface area contributed by atoms with Crippen molar-refractivity contribution in [3.05, 3.63) is 68.2 Å². The van der Waals surface area contributed by atoms with E-state index in [0.717, 1.165) is 11.1 Å². The molecule has 2 aromatic heterocycles. The Kier molecular flexibility index (Phi) is 5.01. The van der Waals surface area contributed by atoms with Crippen molar-refractivity contribution in [1.29, 1.82) is 0 Å². The summed E-state index contributed by atoms with van der Waals surface area (Å²) in [5.41, 5.74) is 1.14. The van der Waals surface area contributed by atoms with E-state index < -0.39 is 11.7 Å². The molecule has 1 amide bonds. The maximum absolute atomic E-state index is 12.1. The summed E-state index contributed by atoms with van der Waals surface area (Å²) in [7, 11) is 0. The van der Waals surface area contributed by atoms with Gasteiger partial charge in [-0.3, -0.25) is 4.79 Å². The quantitative estimate of drug-likeness (QED) is 0.698. The minimum absolute atomic E-state index is 0.179. The van der Waals surface area contributed by atoms with Crippen molar-refractivity contribution in [3.63, 3.8) is 0 Å². The summed E-state index contributed by atoms with van der Waals surface area (Å²) in [5.74, 6) is -0.154. The number of carbonyl (C=O) groups is 1. The van der Waals surface area contributed by atoms with Gasteiger partial charge in [0, 0.05) is 11.1 Å². The molecule has 1 aromatic carbocycles. The molecule has 0 aliphatic heterocycles. The van der Waals surface area contributed by atoms with Crippen LogP contribution in [0.3, 0.4) is 0 Å². The number of aryl methyl sites for hydroxylation is 1. The van der Waals surface area contributed by atoms with E-state index in [1.165, 1.54) is 17.4 Å². The lowest BCUT2D eigenvalue weighted by molar-refractivity contribution is -0.117. The number of nitrogens with one attached hydrogen (secondary N) is 1.